The summed E-state index contributed by atoms with van der Waals surface area (Å²) in [5.41, 5.74) is 1.76. The first kappa shape index (κ1) is 19.2. The molecule has 7 heteroatoms. The van der Waals surface area contributed by atoms with Crippen LogP contribution < -0.4 is 14.4 Å². The van der Waals surface area contributed by atoms with Crippen molar-refractivity contribution in [1.29, 1.82) is 0 Å². The van der Waals surface area contributed by atoms with Gasteiger partial charge in [0, 0.05) is 38.2 Å². The fourth-order valence-electron chi connectivity index (χ4n) is 4.66. The minimum atomic E-state index is 0.262. The number of ether oxygens (including phenoxy) is 2. The van der Waals surface area contributed by atoms with Crippen LogP contribution in [-0.4, -0.2) is 54.0 Å². The number of rotatable bonds is 4. The highest BCUT2D eigenvalue weighted by Crippen LogP contribution is 2.35. The van der Waals surface area contributed by atoms with E-state index in [9.17, 15) is 4.79 Å². The molecule has 0 unspecified atom stereocenters. The Morgan fingerprint density at radius 3 is 2.50 bits per heavy atom. The monoisotopic (exact) mass is 408 g/mol. The fourth-order valence-corrected chi connectivity index (χ4v) is 4.66. The Kier molecular flexibility index (Phi) is 5.43. The van der Waals surface area contributed by atoms with Gasteiger partial charge in [-0.1, -0.05) is 19.3 Å². The van der Waals surface area contributed by atoms with E-state index in [1.165, 1.54) is 32.1 Å². The third kappa shape index (κ3) is 4.06. The van der Waals surface area contributed by atoms with Gasteiger partial charge < -0.3 is 19.3 Å². The first-order valence-corrected chi connectivity index (χ1v) is 11.0. The average Bonchev–Trinajstić information content (AvgIpc) is 3.28. The van der Waals surface area contributed by atoms with E-state index in [4.69, 9.17) is 9.47 Å². The van der Waals surface area contributed by atoms with Crippen molar-refractivity contribution < 1.29 is 14.3 Å². The first-order chi connectivity index (χ1) is 14.8. The largest absolute Gasteiger partial charge is 0.454 e. The molecule has 0 bridgehead atoms. The van der Waals surface area contributed by atoms with Crippen LogP contribution in [0.25, 0.3) is 11.3 Å². The molecule has 1 aromatic heterocycles. The van der Waals surface area contributed by atoms with Crippen molar-refractivity contribution in [3.05, 3.63) is 30.3 Å². The van der Waals surface area contributed by atoms with Gasteiger partial charge >= 0.3 is 0 Å². The van der Waals surface area contributed by atoms with Gasteiger partial charge in [-0.25, -0.2) is 0 Å². The third-order valence-corrected chi connectivity index (χ3v) is 6.46. The van der Waals surface area contributed by atoms with Crippen LogP contribution in [0.2, 0.25) is 0 Å². The fraction of sp³-hybridized carbons (Fsp3) is 0.522. The second-order valence-electron chi connectivity index (χ2n) is 8.42. The van der Waals surface area contributed by atoms with Crippen LogP contribution in [0.4, 0.5) is 5.82 Å². The second kappa shape index (κ2) is 8.50. The van der Waals surface area contributed by atoms with E-state index in [-0.39, 0.29) is 6.79 Å². The first-order valence-electron chi connectivity index (χ1n) is 11.0. The molecule has 3 heterocycles. The lowest BCUT2D eigenvalue weighted by Gasteiger charge is -2.36. The number of piperazine rings is 1. The lowest BCUT2D eigenvalue weighted by atomic mass is 9.86. The molecule has 2 aliphatic heterocycles. The van der Waals surface area contributed by atoms with Gasteiger partial charge in [0.05, 0.1) is 5.69 Å². The predicted molar refractivity (Wildman–Crippen MR) is 114 cm³/mol. The number of amides is 1. The van der Waals surface area contributed by atoms with Gasteiger partial charge in [0.1, 0.15) is 0 Å². The van der Waals surface area contributed by atoms with E-state index < -0.39 is 0 Å². The van der Waals surface area contributed by atoms with E-state index >= 15 is 0 Å². The molecule has 0 spiro atoms. The van der Waals surface area contributed by atoms with Gasteiger partial charge in [-0.15, -0.1) is 10.2 Å². The Morgan fingerprint density at radius 2 is 1.73 bits per heavy atom. The van der Waals surface area contributed by atoms with E-state index in [1.807, 2.05) is 35.2 Å². The Morgan fingerprint density at radius 1 is 0.933 bits per heavy atom. The van der Waals surface area contributed by atoms with Crippen LogP contribution in [0.3, 0.4) is 0 Å². The molecule has 1 saturated heterocycles. The molecule has 2 aromatic rings. The minimum absolute atomic E-state index is 0.262. The van der Waals surface area contributed by atoms with Crippen molar-refractivity contribution >= 4 is 11.7 Å². The maximum atomic E-state index is 12.7. The zero-order valence-corrected chi connectivity index (χ0v) is 17.3. The molecule has 5 rings (SSSR count). The summed E-state index contributed by atoms with van der Waals surface area (Å²) in [4.78, 5) is 16.9. The van der Waals surface area contributed by atoms with E-state index in [2.05, 4.69) is 15.1 Å². The Labute approximate surface area is 177 Å². The molecule has 30 heavy (non-hydrogen) atoms. The lowest BCUT2D eigenvalue weighted by molar-refractivity contribution is -0.132. The van der Waals surface area contributed by atoms with E-state index in [0.29, 0.717) is 11.8 Å². The van der Waals surface area contributed by atoms with Gasteiger partial charge in [-0.3, -0.25) is 4.79 Å². The highest BCUT2D eigenvalue weighted by molar-refractivity contribution is 5.76. The molecule has 0 radical (unpaired) electrons. The highest BCUT2D eigenvalue weighted by atomic mass is 16.7. The Bertz CT molecular complexity index is 888. The van der Waals surface area contributed by atoms with E-state index in [1.54, 1.807) is 0 Å². The highest BCUT2D eigenvalue weighted by Gasteiger charge is 2.25. The normalized spacial score (nSPS) is 19.2. The van der Waals surface area contributed by atoms with Gasteiger partial charge in [0.25, 0.3) is 0 Å². The third-order valence-electron chi connectivity index (χ3n) is 6.46. The van der Waals surface area contributed by atoms with Crippen molar-refractivity contribution in [2.24, 2.45) is 5.92 Å². The Hall–Kier alpha value is -2.83. The maximum Gasteiger partial charge on any atom is 0.231 e. The number of carbonyl (C=O) groups excluding carboxylic acids is 1. The van der Waals surface area contributed by atoms with Gasteiger partial charge in [0.2, 0.25) is 12.7 Å². The zero-order valence-electron chi connectivity index (χ0n) is 17.3. The smallest absolute Gasteiger partial charge is 0.231 e. The summed E-state index contributed by atoms with van der Waals surface area (Å²) in [5, 5.41) is 8.85. The Balaban J connectivity index is 1.17. The quantitative estimate of drug-likeness (QED) is 0.772. The molecule has 7 nitrogen and oxygen atoms in total. The van der Waals surface area contributed by atoms with Crippen molar-refractivity contribution in [1.82, 2.24) is 15.1 Å². The number of hydrogen-bond donors (Lipinski definition) is 0. The molecule has 0 N–H and O–H groups in total. The lowest BCUT2D eigenvalue weighted by Crippen LogP contribution is -2.49. The minimum Gasteiger partial charge on any atom is -0.454 e. The van der Waals surface area contributed by atoms with Gasteiger partial charge in [0.15, 0.2) is 17.3 Å². The van der Waals surface area contributed by atoms with Crippen LogP contribution in [0, 0.1) is 5.92 Å². The number of carbonyl (C=O) groups is 1. The van der Waals surface area contributed by atoms with Crippen molar-refractivity contribution in [2.45, 2.75) is 38.5 Å². The second-order valence-corrected chi connectivity index (χ2v) is 8.42. The van der Waals surface area contributed by atoms with Gasteiger partial charge in [-0.05, 0) is 49.1 Å². The molecule has 158 valence electrons. The summed E-state index contributed by atoms with van der Waals surface area (Å²) >= 11 is 0. The predicted octanol–water partition coefficient (Wildman–Crippen LogP) is 3.49. The molecule has 1 amide bonds. The van der Waals surface area contributed by atoms with Crippen molar-refractivity contribution in [3.63, 3.8) is 0 Å². The molecular weight excluding hydrogens is 380 g/mol. The van der Waals surface area contributed by atoms with Crippen LogP contribution in [-0.2, 0) is 4.79 Å². The molecular formula is C23H28N4O3. The molecule has 1 aromatic carbocycles. The molecule has 0 atom stereocenters. The summed E-state index contributed by atoms with van der Waals surface area (Å²) in [6.45, 7) is 3.38. The molecule has 3 aliphatic rings. The summed E-state index contributed by atoms with van der Waals surface area (Å²) in [6, 6.07) is 9.79. The summed E-state index contributed by atoms with van der Waals surface area (Å²) in [6.07, 6.45) is 7.06. The van der Waals surface area contributed by atoms with Crippen LogP contribution >= 0.6 is 0 Å². The van der Waals surface area contributed by atoms with Crippen LogP contribution in [0.1, 0.15) is 38.5 Å². The number of nitrogens with zero attached hydrogens (tertiary/aromatic N) is 4. The maximum absolute atomic E-state index is 12.7. The van der Waals surface area contributed by atoms with Crippen molar-refractivity contribution in [2.75, 3.05) is 37.9 Å². The van der Waals surface area contributed by atoms with E-state index in [0.717, 1.165) is 61.2 Å². The van der Waals surface area contributed by atoms with Crippen LogP contribution in [0.5, 0.6) is 11.5 Å². The average molecular weight is 409 g/mol. The standard InChI is InChI=1S/C23H28N4O3/c28-23(14-17-4-2-1-3-5-17)27-12-10-26(11-13-27)22-9-7-19(24-25-22)18-6-8-20-21(15-18)30-16-29-20/h6-9,15,17H,1-5,10-14,16H2. The SMILES string of the molecule is O=C(CC1CCCCC1)N1CCN(c2ccc(-c3ccc4c(c3)OCO4)nn2)CC1. The van der Waals surface area contributed by atoms with Crippen LogP contribution in [0.15, 0.2) is 30.3 Å². The number of benzene rings is 1. The molecule has 2 fully saturated rings. The zero-order chi connectivity index (χ0) is 20.3. The summed E-state index contributed by atoms with van der Waals surface area (Å²) in [7, 11) is 0. The van der Waals surface area contributed by atoms with Gasteiger partial charge in [-0.2, -0.15) is 0 Å². The summed E-state index contributed by atoms with van der Waals surface area (Å²) in [5.74, 6) is 3.29. The topological polar surface area (TPSA) is 67.8 Å². The van der Waals surface area contributed by atoms with Crippen molar-refractivity contribution in [3.8, 4) is 22.8 Å². The number of anilines is 1. The molecule has 1 saturated carbocycles. The number of hydrogen-bond acceptors (Lipinski definition) is 6. The summed E-state index contributed by atoms with van der Waals surface area (Å²) < 4.78 is 10.8. The molecule has 1 aliphatic carbocycles. The number of aromatic nitrogens is 2. The number of fused-ring (bicyclic) bond motifs is 1.